The van der Waals surface area contributed by atoms with Crippen molar-refractivity contribution < 1.29 is 9.53 Å². The molecule has 0 radical (unpaired) electrons. The standard InChI is InChI=1S/C9H13NO2/c1-2-12-9(11)10-6-7-3-4-8(10)5-7/h3,8H,2,4-6H2,1H3. The fraction of sp³-hybridized carbons (Fsp3) is 0.667. The summed E-state index contributed by atoms with van der Waals surface area (Å²) in [5, 5.41) is 0. The third kappa shape index (κ3) is 1.09. The zero-order valence-corrected chi connectivity index (χ0v) is 7.25. The quantitative estimate of drug-likeness (QED) is 0.554. The fourth-order valence-corrected chi connectivity index (χ4v) is 1.91. The second-order valence-corrected chi connectivity index (χ2v) is 3.28. The van der Waals surface area contributed by atoms with E-state index in [2.05, 4.69) is 6.08 Å². The maximum Gasteiger partial charge on any atom is 0.410 e. The monoisotopic (exact) mass is 167 g/mol. The zero-order valence-electron chi connectivity index (χ0n) is 7.25. The predicted octanol–water partition coefficient (Wildman–Crippen LogP) is 1.55. The first-order chi connectivity index (χ1) is 5.81. The Hall–Kier alpha value is -0.990. The molecular formula is C9H13NO2. The largest absolute Gasteiger partial charge is 0.450 e. The molecule has 0 N–H and O–H groups in total. The number of amides is 1. The van der Waals surface area contributed by atoms with Crippen LogP contribution >= 0.6 is 0 Å². The second kappa shape index (κ2) is 2.81. The van der Waals surface area contributed by atoms with E-state index in [1.165, 1.54) is 5.57 Å². The van der Waals surface area contributed by atoms with E-state index in [1.54, 1.807) is 0 Å². The predicted molar refractivity (Wildman–Crippen MR) is 44.8 cm³/mol. The Labute approximate surface area is 72.0 Å². The van der Waals surface area contributed by atoms with Crippen LogP contribution in [0.3, 0.4) is 0 Å². The first-order valence-corrected chi connectivity index (χ1v) is 4.42. The minimum atomic E-state index is -0.148. The Bertz CT molecular complexity index is 235. The van der Waals surface area contributed by atoms with Gasteiger partial charge in [0.15, 0.2) is 0 Å². The summed E-state index contributed by atoms with van der Waals surface area (Å²) in [5.74, 6) is 0. The lowest BCUT2D eigenvalue weighted by atomic mass is 10.2. The number of hydrogen-bond acceptors (Lipinski definition) is 2. The van der Waals surface area contributed by atoms with Crippen LogP contribution in [0.5, 0.6) is 0 Å². The van der Waals surface area contributed by atoms with E-state index in [1.807, 2.05) is 11.8 Å². The molecule has 1 heterocycles. The summed E-state index contributed by atoms with van der Waals surface area (Å²) in [6, 6.07) is 0.402. The molecule has 2 bridgehead atoms. The third-order valence-electron chi connectivity index (χ3n) is 2.49. The van der Waals surface area contributed by atoms with Crippen LogP contribution in [0, 0.1) is 0 Å². The Kier molecular flexibility index (Phi) is 1.79. The van der Waals surface area contributed by atoms with E-state index in [9.17, 15) is 4.79 Å². The van der Waals surface area contributed by atoms with Crippen LogP contribution in [-0.4, -0.2) is 30.2 Å². The van der Waals surface area contributed by atoms with Crippen molar-refractivity contribution in [2.75, 3.05) is 13.2 Å². The maximum atomic E-state index is 11.3. The van der Waals surface area contributed by atoms with Crippen LogP contribution in [-0.2, 0) is 4.74 Å². The van der Waals surface area contributed by atoms with Crippen LogP contribution in [0.15, 0.2) is 11.6 Å². The van der Waals surface area contributed by atoms with Gasteiger partial charge in [-0.3, -0.25) is 0 Å². The molecule has 1 fully saturated rings. The molecule has 12 heavy (non-hydrogen) atoms. The maximum absolute atomic E-state index is 11.3. The lowest BCUT2D eigenvalue weighted by molar-refractivity contribution is 0.103. The van der Waals surface area contributed by atoms with Gasteiger partial charge in [0.1, 0.15) is 0 Å². The fourth-order valence-electron chi connectivity index (χ4n) is 1.91. The Morgan fingerprint density at radius 2 is 2.67 bits per heavy atom. The van der Waals surface area contributed by atoms with Crippen molar-refractivity contribution in [1.82, 2.24) is 4.90 Å². The van der Waals surface area contributed by atoms with Gasteiger partial charge < -0.3 is 9.64 Å². The van der Waals surface area contributed by atoms with E-state index in [-0.39, 0.29) is 6.09 Å². The van der Waals surface area contributed by atoms with Gasteiger partial charge >= 0.3 is 6.09 Å². The summed E-state index contributed by atoms with van der Waals surface area (Å²) in [5.41, 5.74) is 1.40. The number of carbonyl (C=O) groups is 1. The summed E-state index contributed by atoms with van der Waals surface area (Å²) in [6.45, 7) is 3.11. The lowest BCUT2D eigenvalue weighted by Gasteiger charge is -2.23. The van der Waals surface area contributed by atoms with Crippen molar-refractivity contribution in [2.24, 2.45) is 0 Å². The first kappa shape index (κ1) is 7.65. The van der Waals surface area contributed by atoms with Crippen LogP contribution in [0.2, 0.25) is 0 Å². The molecule has 1 aliphatic heterocycles. The molecule has 1 amide bonds. The minimum absolute atomic E-state index is 0.148. The highest BCUT2D eigenvalue weighted by Crippen LogP contribution is 2.32. The summed E-state index contributed by atoms with van der Waals surface area (Å²) in [4.78, 5) is 13.1. The van der Waals surface area contributed by atoms with Gasteiger partial charge in [-0.25, -0.2) is 4.79 Å². The van der Waals surface area contributed by atoms with Crippen LogP contribution in [0.4, 0.5) is 4.79 Å². The first-order valence-electron chi connectivity index (χ1n) is 4.42. The average Bonchev–Trinajstić information content (AvgIpc) is 2.64. The number of hydrogen-bond donors (Lipinski definition) is 0. The van der Waals surface area contributed by atoms with Gasteiger partial charge in [-0.05, 0) is 19.8 Å². The smallest absolute Gasteiger partial charge is 0.410 e. The molecular weight excluding hydrogens is 154 g/mol. The van der Waals surface area contributed by atoms with Gasteiger partial charge in [0, 0.05) is 12.6 Å². The number of nitrogens with zero attached hydrogens (tertiary/aromatic N) is 1. The van der Waals surface area contributed by atoms with Crippen molar-refractivity contribution in [3.8, 4) is 0 Å². The number of ether oxygens (including phenoxy) is 1. The topological polar surface area (TPSA) is 29.5 Å². The van der Waals surface area contributed by atoms with Gasteiger partial charge in [0.25, 0.3) is 0 Å². The molecule has 1 unspecified atom stereocenters. The molecule has 0 saturated carbocycles. The highest BCUT2D eigenvalue weighted by Gasteiger charge is 2.35. The van der Waals surface area contributed by atoms with Gasteiger partial charge in [-0.1, -0.05) is 11.6 Å². The lowest BCUT2D eigenvalue weighted by Crippen LogP contribution is -2.36. The van der Waals surface area contributed by atoms with Crippen LogP contribution in [0.1, 0.15) is 19.8 Å². The molecule has 2 aliphatic rings. The number of rotatable bonds is 1. The van der Waals surface area contributed by atoms with Crippen molar-refractivity contribution in [3.05, 3.63) is 11.6 Å². The summed E-state index contributed by atoms with van der Waals surface area (Å²) < 4.78 is 4.94. The number of carbonyl (C=O) groups excluding carboxylic acids is 1. The molecule has 1 aliphatic carbocycles. The Morgan fingerprint density at radius 1 is 1.83 bits per heavy atom. The molecule has 2 rings (SSSR count). The van der Waals surface area contributed by atoms with E-state index in [0.717, 1.165) is 19.4 Å². The molecule has 66 valence electrons. The minimum Gasteiger partial charge on any atom is -0.450 e. The molecule has 3 heteroatoms. The van der Waals surface area contributed by atoms with Crippen molar-refractivity contribution in [2.45, 2.75) is 25.8 Å². The van der Waals surface area contributed by atoms with Crippen LogP contribution in [0.25, 0.3) is 0 Å². The second-order valence-electron chi connectivity index (χ2n) is 3.28. The molecule has 1 atom stereocenters. The normalized spacial score (nSPS) is 25.9. The SMILES string of the molecule is CCOC(=O)N1CC2=CCC1C2. The molecule has 1 saturated heterocycles. The van der Waals surface area contributed by atoms with Gasteiger partial charge in [0.2, 0.25) is 0 Å². The summed E-state index contributed by atoms with van der Waals surface area (Å²) >= 11 is 0. The highest BCUT2D eigenvalue weighted by molar-refractivity contribution is 5.69. The number of fused-ring (bicyclic) bond motifs is 2. The van der Waals surface area contributed by atoms with E-state index in [4.69, 9.17) is 4.74 Å². The molecule has 0 spiro atoms. The van der Waals surface area contributed by atoms with Gasteiger partial charge in [-0.15, -0.1) is 0 Å². The van der Waals surface area contributed by atoms with Crippen molar-refractivity contribution >= 4 is 6.09 Å². The summed E-state index contributed by atoms with van der Waals surface area (Å²) in [7, 11) is 0. The van der Waals surface area contributed by atoms with E-state index >= 15 is 0 Å². The number of likely N-dealkylation sites (tertiary alicyclic amines) is 1. The van der Waals surface area contributed by atoms with Gasteiger partial charge in [-0.2, -0.15) is 0 Å². The van der Waals surface area contributed by atoms with Crippen molar-refractivity contribution in [3.63, 3.8) is 0 Å². The van der Waals surface area contributed by atoms with E-state index < -0.39 is 0 Å². The average molecular weight is 167 g/mol. The highest BCUT2D eigenvalue weighted by atomic mass is 16.6. The molecule has 0 aromatic carbocycles. The third-order valence-corrected chi connectivity index (χ3v) is 2.49. The zero-order chi connectivity index (χ0) is 8.55. The van der Waals surface area contributed by atoms with Crippen LogP contribution < -0.4 is 0 Å². The molecule has 3 nitrogen and oxygen atoms in total. The Balaban J connectivity index is 1.99. The molecule has 0 aromatic rings. The Morgan fingerprint density at radius 3 is 3.17 bits per heavy atom. The summed E-state index contributed by atoms with van der Waals surface area (Å²) in [6.07, 6.45) is 4.18. The van der Waals surface area contributed by atoms with E-state index in [0.29, 0.717) is 12.6 Å². The molecule has 0 aromatic heterocycles. The van der Waals surface area contributed by atoms with Crippen molar-refractivity contribution in [1.29, 1.82) is 0 Å². The van der Waals surface area contributed by atoms with Gasteiger partial charge in [0.05, 0.1) is 6.61 Å².